The van der Waals surface area contributed by atoms with Crippen molar-refractivity contribution in [3.8, 4) is 0 Å². The van der Waals surface area contributed by atoms with Crippen LogP contribution in [0, 0.1) is 5.92 Å². The van der Waals surface area contributed by atoms with E-state index in [0.717, 1.165) is 10.6 Å². The molecule has 56 valence electrons. The molecule has 0 fully saturated rings. The second-order valence-corrected chi connectivity index (χ2v) is 3.30. The Morgan fingerprint density at radius 2 is 2.40 bits per heavy atom. The number of rotatable bonds is 2. The van der Waals surface area contributed by atoms with Crippen LogP contribution in [0.1, 0.15) is 20.3 Å². The number of allylic oxidation sites excluding steroid dienone is 1. The molecule has 0 aromatic heterocycles. The average molecular weight is 159 g/mol. The van der Waals surface area contributed by atoms with E-state index in [-0.39, 0.29) is 0 Å². The Morgan fingerprint density at radius 3 is 2.70 bits per heavy atom. The molecule has 0 radical (unpaired) electrons. The highest BCUT2D eigenvalue weighted by Crippen LogP contribution is 2.27. The quantitative estimate of drug-likeness (QED) is 0.603. The minimum absolute atomic E-state index is 0.300. The summed E-state index contributed by atoms with van der Waals surface area (Å²) in [6.07, 6.45) is 2.32. The smallest absolute Gasteiger partial charge is 0.0787 e. The van der Waals surface area contributed by atoms with Crippen molar-refractivity contribution < 1.29 is 3.89 Å². The molecule has 0 aromatic rings. The van der Waals surface area contributed by atoms with E-state index >= 15 is 0 Å². The number of nitrogens with zero attached hydrogens (tertiary/aromatic N) is 1. The van der Waals surface area contributed by atoms with Crippen LogP contribution in [0.25, 0.3) is 0 Å². The fourth-order valence-corrected chi connectivity index (χ4v) is 1.12. The first-order chi connectivity index (χ1) is 4.74. The summed E-state index contributed by atoms with van der Waals surface area (Å²) in [5, 5.41) is 0. The molecule has 0 saturated heterocycles. The second kappa shape index (κ2) is 3.19. The van der Waals surface area contributed by atoms with Crippen molar-refractivity contribution in [3.05, 3.63) is 11.1 Å². The summed E-state index contributed by atoms with van der Waals surface area (Å²) < 4.78 is 11.9. The van der Waals surface area contributed by atoms with E-state index in [0.29, 0.717) is 24.5 Å². The zero-order valence-electron chi connectivity index (χ0n) is 6.10. The molecule has 0 amide bonds. The van der Waals surface area contributed by atoms with E-state index < -0.39 is 0 Å². The number of hydrogen-bond acceptors (Lipinski definition) is 2. The van der Waals surface area contributed by atoms with Gasteiger partial charge in [0, 0.05) is 23.2 Å². The first-order valence-electron chi connectivity index (χ1n) is 3.28. The molecule has 3 heteroatoms. The lowest BCUT2D eigenvalue weighted by atomic mass is 10.1. The van der Waals surface area contributed by atoms with E-state index in [1.807, 2.05) is 0 Å². The van der Waals surface area contributed by atoms with Crippen LogP contribution in [0.15, 0.2) is 16.1 Å². The molecule has 0 bridgehead atoms. The molecule has 1 rings (SSSR count). The molecule has 0 aliphatic carbocycles. The fourth-order valence-electron chi connectivity index (χ4n) is 0.825. The lowest BCUT2D eigenvalue weighted by Gasteiger charge is -2.02. The molecule has 0 spiro atoms. The topological polar surface area (TPSA) is 12.4 Å². The largest absolute Gasteiger partial charge is 0.264 e. The van der Waals surface area contributed by atoms with Crippen LogP contribution in [-0.4, -0.2) is 5.71 Å². The van der Waals surface area contributed by atoms with Crippen molar-refractivity contribution in [2.24, 2.45) is 10.9 Å². The van der Waals surface area contributed by atoms with Gasteiger partial charge in [-0.1, -0.05) is 13.8 Å². The maximum atomic E-state index is 11.9. The molecule has 0 atom stereocenters. The Hall–Kier alpha value is -0.310. The Balaban J connectivity index is 2.48. The van der Waals surface area contributed by atoms with Crippen LogP contribution in [0.4, 0.5) is 3.89 Å². The summed E-state index contributed by atoms with van der Waals surface area (Å²) in [4.78, 5) is 4.81. The van der Waals surface area contributed by atoms with Crippen molar-refractivity contribution >= 4 is 17.9 Å². The third-order valence-corrected chi connectivity index (χ3v) is 1.94. The molecule has 1 heterocycles. The van der Waals surface area contributed by atoms with Crippen molar-refractivity contribution in [1.82, 2.24) is 0 Å². The third-order valence-electron chi connectivity index (χ3n) is 1.50. The lowest BCUT2D eigenvalue weighted by Crippen LogP contribution is -2.03. The van der Waals surface area contributed by atoms with Gasteiger partial charge in [0.05, 0.1) is 12.1 Å². The van der Waals surface area contributed by atoms with Gasteiger partial charge in [0.25, 0.3) is 0 Å². The third kappa shape index (κ3) is 1.59. The molecule has 0 aromatic carbocycles. The molecular weight excluding hydrogens is 149 g/mol. The van der Waals surface area contributed by atoms with Crippen LogP contribution in [0.3, 0.4) is 0 Å². The Kier molecular flexibility index (Phi) is 2.49. The van der Waals surface area contributed by atoms with E-state index in [9.17, 15) is 3.89 Å². The van der Waals surface area contributed by atoms with E-state index in [1.54, 1.807) is 6.20 Å². The van der Waals surface area contributed by atoms with Gasteiger partial charge in [-0.05, 0) is 5.92 Å². The normalized spacial score (nSPS) is 17.6. The molecule has 1 nitrogen and oxygen atoms in total. The molecular formula is C7H10FNS. The standard InChI is InChI=1S/C7H10FNS/c1-5(2)7-3-6(10-8)4-9-7/h4-5H,3H2,1-2H3. The first-order valence-corrected chi connectivity index (χ1v) is 4.00. The van der Waals surface area contributed by atoms with Gasteiger partial charge in [-0.2, -0.15) is 3.89 Å². The van der Waals surface area contributed by atoms with Crippen molar-refractivity contribution in [2.75, 3.05) is 0 Å². The molecule has 1 aliphatic rings. The predicted octanol–water partition coefficient (Wildman–Crippen LogP) is 2.95. The summed E-state index contributed by atoms with van der Waals surface area (Å²) in [7, 11) is 0. The molecule has 10 heavy (non-hydrogen) atoms. The van der Waals surface area contributed by atoms with Crippen molar-refractivity contribution in [3.63, 3.8) is 0 Å². The van der Waals surface area contributed by atoms with Crippen molar-refractivity contribution in [1.29, 1.82) is 0 Å². The summed E-state index contributed by atoms with van der Waals surface area (Å²) in [5.74, 6) is 0.445. The van der Waals surface area contributed by atoms with Crippen LogP contribution < -0.4 is 0 Å². The van der Waals surface area contributed by atoms with Gasteiger partial charge in [0.15, 0.2) is 0 Å². The SMILES string of the molecule is CC(C)C1=NC=C(SF)C1. The van der Waals surface area contributed by atoms with Gasteiger partial charge in [0.2, 0.25) is 0 Å². The summed E-state index contributed by atoms with van der Waals surface area (Å²) in [5.41, 5.74) is 1.08. The highest BCUT2D eigenvalue weighted by molar-refractivity contribution is 7.98. The van der Waals surface area contributed by atoms with E-state index in [4.69, 9.17) is 0 Å². The molecule has 0 N–H and O–H groups in total. The van der Waals surface area contributed by atoms with Crippen LogP contribution >= 0.6 is 12.1 Å². The minimum Gasteiger partial charge on any atom is -0.264 e. The Bertz CT molecular complexity index is 184. The van der Waals surface area contributed by atoms with Gasteiger partial charge in [0.1, 0.15) is 0 Å². The second-order valence-electron chi connectivity index (χ2n) is 2.62. The predicted molar refractivity (Wildman–Crippen MR) is 43.7 cm³/mol. The van der Waals surface area contributed by atoms with Gasteiger partial charge < -0.3 is 0 Å². The Labute approximate surface area is 64.7 Å². The van der Waals surface area contributed by atoms with Gasteiger partial charge in [-0.25, -0.2) is 0 Å². The Morgan fingerprint density at radius 1 is 1.70 bits per heavy atom. The number of halogens is 1. The highest BCUT2D eigenvalue weighted by atomic mass is 32.2. The highest BCUT2D eigenvalue weighted by Gasteiger charge is 2.13. The minimum atomic E-state index is 0.300. The van der Waals surface area contributed by atoms with Crippen LogP contribution in [0.2, 0.25) is 0 Å². The van der Waals surface area contributed by atoms with Gasteiger partial charge >= 0.3 is 0 Å². The summed E-state index contributed by atoms with van der Waals surface area (Å²) >= 11 is 0.300. The van der Waals surface area contributed by atoms with E-state index in [2.05, 4.69) is 18.8 Å². The average Bonchev–Trinajstić information content (AvgIpc) is 2.34. The van der Waals surface area contributed by atoms with Crippen LogP contribution in [0.5, 0.6) is 0 Å². The van der Waals surface area contributed by atoms with Gasteiger partial charge in [-0.3, -0.25) is 4.99 Å². The fraction of sp³-hybridized carbons (Fsp3) is 0.571. The van der Waals surface area contributed by atoms with Crippen LogP contribution in [-0.2, 0) is 0 Å². The molecule has 0 saturated carbocycles. The number of aliphatic imine (C=N–C) groups is 1. The maximum Gasteiger partial charge on any atom is 0.0787 e. The molecule has 0 unspecified atom stereocenters. The van der Waals surface area contributed by atoms with Gasteiger partial charge in [-0.15, -0.1) is 0 Å². The first kappa shape index (κ1) is 7.79. The number of hydrogen-bond donors (Lipinski definition) is 0. The van der Waals surface area contributed by atoms with Crippen molar-refractivity contribution in [2.45, 2.75) is 20.3 Å². The summed E-state index contributed by atoms with van der Waals surface area (Å²) in [6.45, 7) is 4.14. The summed E-state index contributed by atoms with van der Waals surface area (Å²) in [6, 6.07) is 0. The zero-order chi connectivity index (χ0) is 7.56. The zero-order valence-corrected chi connectivity index (χ0v) is 6.91. The van der Waals surface area contributed by atoms with E-state index in [1.165, 1.54) is 0 Å². The lowest BCUT2D eigenvalue weighted by molar-refractivity contribution is 0.871. The molecule has 1 aliphatic heterocycles. The monoisotopic (exact) mass is 159 g/mol. The maximum absolute atomic E-state index is 11.9.